The van der Waals surface area contributed by atoms with E-state index in [4.69, 9.17) is 0 Å². The third kappa shape index (κ3) is 3.45. The van der Waals surface area contributed by atoms with Crippen LogP contribution in [0.5, 0.6) is 0 Å². The number of piperidine rings is 1. The van der Waals surface area contributed by atoms with E-state index < -0.39 is 11.9 Å². The highest BCUT2D eigenvalue weighted by Gasteiger charge is 2.27. The number of halogens is 1. The molecule has 0 radical (unpaired) electrons. The van der Waals surface area contributed by atoms with Crippen LogP contribution in [-0.4, -0.2) is 33.7 Å². The number of carboxylic acids is 1. The van der Waals surface area contributed by atoms with Crippen LogP contribution in [0.2, 0.25) is 0 Å². The van der Waals surface area contributed by atoms with Gasteiger partial charge in [-0.1, -0.05) is 12.1 Å². The van der Waals surface area contributed by atoms with Gasteiger partial charge in [-0.25, -0.2) is 9.37 Å². The summed E-state index contributed by atoms with van der Waals surface area (Å²) in [5.41, 5.74) is 0.379. The van der Waals surface area contributed by atoms with Crippen molar-refractivity contribution in [3.8, 4) is 0 Å². The fourth-order valence-electron chi connectivity index (χ4n) is 2.98. The van der Waals surface area contributed by atoms with E-state index >= 15 is 0 Å². The molecule has 6 nitrogen and oxygen atoms in total. The standard InChI is InChI=1S/C17H18FN3O3/c18-14-5-1-3-12(9-14)10-21-8-6-19-15(16(21)22)20-7-2-4-13(11-20)17(23)24/h1,3,5-6,8-9,13H,2,4,7,10-11H2,(H,23,24). The molecule has 0 saturated carbocycles. The molecule has 1 aromatic heterocycles. The Labute approximate surface area is 138 Å². The van der Waals surface area contributed by atoms with Crippen LogP contribution in [0, 0.1) is 11.7 Å². The average molecular weight is 331 g/mol. The van der Waals surface area contributed by atoms with Crippen molar-refractivity contribution < 1.29 is 14.3 Å². The van der Waals surface area contributed by atoms with Gasteiger partial charge in [0.15, 0.2) is 5.82 Å². The summed E-state index contributed by atoms with van der Waals surface area (Å²) in [7, 11) is 0. The van der Waals surface area contributed by atoms with Crippen LogP contribution in [0.1, 0.15) is 18.4 Å². The van der Waals surface area contributed by atoms with Crippen molar-refractivity contribution in [1.82, 2.24) is 9.55 Å². The molecule has 0 spiro atoms. The number of nitrogens with zero attached hydrogens (tertiary/aromatic N) is 3. The van der Waals surface area contributed by atoms with Crippen molar-refractivity contribution in [3.05, 3.63) is 58.4 Å². The molecular weight excluding hydrogens is 313 g/mol. The second-order valence-electron chi connectivity index (χ2n) is 5.94. The monoisotopic (exact) mass is 331 g/mol. The first-order chi connectivity index (χ1) is 11.5. The summed E-state index contributed by atoms with van der Waals surface area (Å²) in [6.45, 7) is 1.12. The molecule has 1 aliphatic rings. The van der Waals surface area contributed by atoms with Gasteiger partial charge in [0, 0.05) is 25.5 Å². The Morgan fingerprint density at radius 2 is 2.25 bits per heavy atom. The topological polar surface area (TPSA) is 75.4 Å². The van der Waals surface area contributed by atoms with E-state index in [9.17, 15) is 19.1 Å². The third-order valence-electron chi connectivity index (χ3n) is 4.21. The highest BCUT2D eigenvalue weighted by molar-refractivity contribution is 5.71. The number of anilines is 1. The maximum atomic E-state index is 13.3. The number of rotatable bonds is 4. The minimum absolute atomic E-state index is 0.238. The SMILES string of the molecule is O=C(O)C1CCCN(c2nccn(Cc3cccc(F)c3)c2=O)C1. The molecule has 1 N–H and O–H groups in total. The number of carbonyl (C=O) groups is 1. The van der Waals surface area contributed by atoms with Crippen LogP contribution in [0.15, 0.2) is 41.5 Å². The fourth-order valence-corrected chi connectivity index (χ4v) is 2.98. The first-order valence-electron chi connectivity index (χ1n) is 7.82. The minimum Gasteiger partial charge on any atom is -0.481 e. The van der Waals surface area contributed by atoms with Gasteiger partial charge in [0.05, 0.1) is 12.5 Å². The smallest absolute Gasteiger partial charge is 0.308 e. The van der Waals surface area contributed by atoms with Crippen molar-refractivity contribution in [2.24, 2.45) is 5.92 Å². The summed E-state index contributed by atoms with van der Waals surface area (Å²) in [5, 5.41) is 9.18. The lowest BCUT2D eigenvalue weighted by Crippen LogP contribution is -2.42. The lowest BCUT2D eigenvalue weighted by atomic mass is 9.98. The summed E-state index contributed by atoms with van der Waals surface area (Å²) < 4.78 is 14.8. The Morgan fingerprint density at radius 1 is 1.42 bits per heavy atom. The first-order valence-corrected chi connectivity index (χ1v) is 7.82. The predicted octanol–water partition coefficient (Wildman–Crippen LogP) is 1.73. The van der Waals surface area contributed by atoms with E-state index in [0.29, 0.717) is 24.9 Å². The Kier molecular flexibility index (Phi) is 4.59. The van der Waals surface area contributed by atoms with Gasteiger partial charge in [0.2, 0.25) is 0 Å². The summed E-state index contributed by atoms with van der Waals surface area (Å²) in [4.78, 5) is 29.7. The number of carboxylic acid groups (broad SMARTS) is 1. The molecule has 1 fully saturated rings. The first kappa shape index (κ1) is 16.2. The van der Waals surface area contributed by atoms with Gasteiger partial charge in [-0.15, -0.1) is 0 Å². The molecule has 3 rings (SSSR count). The maximum absolute atomic E-state index is 13.3. The normalized spacial score (nSPS) is 17.7. The van der Waals surface area contributed by atoms with Crippen LogP contribution in [0.3, 0.4) is 0 Å². The summed E-state index contributed by atoms with van der Waals surface area (Å²) >= 11 is 0. The highest BCUT2D eigenvalue weighted by atomic mass is 19.1. The molecule has 2 aromatic rings. The number of aromatic nitrogens is 2. The minimum atomic E-state index is -0.851. The predicted molar refractivity (Wildman–Crippen MR) is 86.6 cm³/mol. The summed E-state index contributed by atoms with van der Waals surface area (Å²) in [6, 6.07) is 6.08. The van der Waals surface area contributed by atoms with Crippen LogP contribution >= 0.6 is 0 Å². The Morgan fingerprint density at radius 3 is 3.00 bits per heavy atom. The molecule has 1 unspecified atom stereocenters. The molecule has 0 bridgehead atoms. The number of aliphatic carboxylic acids is 1. The van der Waals surface area contributed by atoms with E-state index in [1.807, 2.05) is 0 Å². The van der Waals surface area contributed by atoms with E-state index in [0.717, 1.165) is 0 Å². The largest absolute Gasteiger partial charge is 0.481 e. The zero-order chi connectivity index (χ0) is 17.1. The van der Waals surface area contributed by atoms with E-state index in [2.05, 4.69) is 4.98 Å². The van der Waals surface area contributed by atoms with Crippen molar-refractivity contribution in [3.63, 3.8) is 0 Å². The molecular formula is C17H18FN3O3. The molecule has 2 heterocycles. The van der Waals surface area contributed by atoms with Crippen LogP contribution in [-0.2, 0) is 11.3 Å². The Balaban J connectivity index is 1.85. The molecule has 1 aliphatic heterocycles. The number of benzene rings is 1. The van der Waals surface area contributed by atoms with Gasteiger partial charge in [-0.05, 0) is 30.5 Å². The maximum Gasteiger partial charge on any atom is 0.308 e. The highest BCUT2D eigenvalue weighted by Crippen LogP contribution is 2.19. The van der Waals surface area contributed by atoms with Crippen LogP contribution < -0.4 is 10.5 Å². The molecule has 1 saturated heterocycles. The van der Waals surface area contributed by atoms with E-state index in [1.54, 1.807) is 23.2 Å². The lowest BCUT2D eigenvalue weighted by molar-refractivity contribution is -0.141. The number of hydrogen-bond donors (Lipinski definition) is 1. The fraction of sp³-hybridized carbons (Fsp3) is 0.353. The van der Waals surface area contributed by atoms with Crippen molar-refractivity contribution in [1.29, 1.82) is 0 Å². The van der Waals surface area contributed by atoms with Crippen molar-refractivity contribution >= 4 is 11.8 Å². The Hall–Kier alpha value is -2.70. The Bertz CT molecular complexity index is 806. The van der Waals surface area contributed by atoms with E-state index in [1.165, 1.54) is 22.9 Å². The number of hydrogen-bond acceptors (Lipinski definition) is 4. The van der Waals surface area contributed by atoms with Crippen molar-refractivity contribution in [2.75, 3.05) is 18.0 Å². The molecule has 126 valence electrons. The molecule has 1 atom stereocenters. The van der Waals surface area contributed by atoms with Crippen LogP contribution in [0.25, 0.3) is 0 Å². The average Bonchev–Trinajstić information content (AvgIpc) is 2.57. The van der Waals surface area contributed by atoms with Gasteiger partial charge in [-0.3, -0.25) is 9.59 Å². The zero-order valence-corrected chi connectivity index (χ0v) is 13.1. The second kappa shape index (κ2) is 6.82. The van der Waals surface area contributed by atoms with Gasteiger partial charge in [0.25, 0.3) is 5.56 Å². The molecule has 7 heteroatoms. The molecule has 0 aliphatic carbocycles. The molecule has 24 heavy (non-hydrogen) atoms. The summed E-state index contributed by atoms with van der Waals surface area (Å²) in [5.74, 6) is -1.44. The molecule has 1 aromatic carbocycles. The second-order valence-corrected chi connectivity index (χ2v) is 5.94. The van der Waals surface area contributed by atoms with E-state index in [-0.39, 0.29) is 30.3 Å². The van der Waals surface area contributed by atoms with Gasteiger partial charge >= 0.3 is 5.97 Å². The van der Waals surface area contributed by atoms with Gasteiger partial charge in [0.1, 0.15) is 5.82 Å². The quantitative estimate of drug-likeness (QED) is 0.923. The third-order valence-corrected chi connectivity index (χ3v) is 4.21. The van der Waals surface area contributed by atoms with Crippen LogP contribution in [0.4, 0.5) is 10.2 Å². The van der Waals surface area contributed by atoms with Gasteiger partial charge in [-0.2, -0.15) is 0 Å². The van der Waals surface area contributed by atoms with Crippen molar-refractivity contribution in [2.45, 2.75) is 19.4 Å². The zero-order valence-electron chi connectivity index (χ0n) is 13.1. The lowest BCUT2D eigenvalue weighted by Gasteiger charge is -2.31. The summed E-state index contributed by atoms with van der Waals surface area (Å²) in [6.07, 6.45) is 4.38. The molecule has 0 amide bonds. The van der Waals surface area contributed by atoms with Gasteiger partial charge < -0.3 is 14.6 Å².